The predicted molar refractivity (Wildman–Crippen MR) is 39.8 cm³/mol. The van der Waals surface area contributed by atoms with Crippen LogP contribution in [0.15, 0.2) is 4.99 Å². The van der Waals surface area contributed by atoms with Crippen LogP contribution in [0.2, 0.25) is 0 Å². The van der Waals surface area contributed by atoms with Gasteiger partial charge in [0, 0.05) is 6.54 Å². The highest BCUT2D eigenvalue weighted by Gasteiger charge is 2.15. The van der Waals surface area contributed by atoms with Gasteiger partial charge in [0.05, 0.1) is 18.9 Å². The molecule has 1 atom stereocenters. The zero-order valence-corrected chi connectivity index (χ0v) is 6.08. The van der Waals surface area contributed by atoms with E-state index in [-0.39, 0.29) is 6.04 Å². The number of aliphatic imine (C=N–C) groups is 1. The first-order chi connectivity index (χ1) is 4.88. The smallest absolute Gasteiger partial charge is 0.222 e. The fourth-order valence-electron chi connectivity index (χ4n) is 1.02. The number of nitrogens with zero attached hydrogens (tertiary/aromatic N) is 2. The van der Waals surface area contributed by atoms with Gasteiger partial charge in [0.25, 0.3) is 0 Å². The lowest BCUT2D eigenvalue weighted by molar-refractivity contribution is 0.389. The van der Waals surface area contributed by atoms with Crippen LogP contribution in [0.25, 0.3) is 0 Å². The van der Waals surface area contributed by atoms with Crippen molar-refractivity contribution >= 4 is 12.6 Å². The van der Waals surface area contributed by atoms with Gasteiger partial charge in [-0.2, -0.15) is 0 Å². The normalized spacial score (nSPS) is 19.5. The number of rotatable bonds is 3. The molecule has 0 aliphatic carbocycles. The molecule has 0 amide bonds. The number of hydrogen-bond donors (Lipinski definition) is 0. The second kappa shape index (κ2) is 3.34. The van der Waals surface area contributed by atoms with Crippen molar-refractivity contribution < 1.29 is 4.79 Å². The van der Waals surface area contributed by atoms with E-state index in [4.69, 9.17) is 0 Å². The molecule has 3 nitrogen and oxygen atoms in total. The summed E-state index contributed by atoms with van der Waals surface area (Å²) in [6.45, 7) is 3.66. The van der Waals surface area contributed by atoms with E-state index in [1.165, 1.54) is 0 Å². The van der Waals surface area contributed by atoms with Gasteiger partial charge >= 0.3 is 0 Å². The summed E-state index contributed by atoms with van der Waals surface area (Å²) in [4.78, 5) is 16.2. The lowest BCUT2D eigenvalue weighted by Gasteiger charge is -2.18. The third kappa shape index (κ3) is 1.35. The van der Waals surface area contributed by atoms with Crippen LogP contribution in [0.5, 0.6) is 0 Å². The fraction of sp³-hybridized carbons (Fsp3) is 0.714. The third-order valence-corrected chi connectivity index (χ3v) is 1.64. The first kappa shape index (κ1) is 7.25. The molecule has 0 aromatic heterocycles. The summed E-state index contributed by atoms with van der Waals surface area (Å²) in [7, 11) is 0. The van der Waals surface area contributed by atoms with E-state index in [9.17, 15) is 4.79 Å². The van der Waals surface area contributed by atoms with Gasteiger partial charge in [-0.1, -0.05) is 6.92 Å². The van der Waals surface area contributed by atoms with Gasteiger partial charge < -0.3 is 4.90 Å². The highest BCUT2D eigenvalue weighted by Crippen LogP contribution is 2.02. The zero-order valence-electron chi connectivity index (χ0n) is 6.08. The minimum atomic E-state index is -0.0775. The van der Waals surface area contributed by atoms with Crippen LogP contribution in [-0.4, -0.2) is 36.7 Å². The molecule has 0 aromatic carbocycles. The van der Waals surface area contributed by atoms with Crippen molar-refractivity contribution in [2.24, 2.45) is 4.99 Å². The van der Waals surface area contributed by atoms with E-state index < -0.39 is 0 Å². The third-order valence-electron chi connectivity index (χ3n) is 1.64. The van der Waals surface area contributed by atoms with Crippen LogP contribution in [0, 0.1) is 0 Å². The molecule has 1 aliphatic heterocycles. The van der Waals surface area contributed by atoms with Crippen molar-refractivity contribution in [1.29, 1.82) is 0 Å². The molecule has 1 heterocycles. The summed E-state index contributed by atoms with van der Waals surface area (Å²) in [5.74, 6) is 0. The van der Waals surface area contributed by atoms with Crippen molar-refractivity contribution in [3.8, 4) is 0 Å². The lowest BCUT2D eigenvalue weighted by atomic mass is 10.2. The van der Waals surface area contributed by atoms with Gasteiger partial charge in [-0.25, -0.2) is 0 Å². The van der Waals surface area contributed by atoms with E-state index in [1.807, 2.05) is 18.1 Å². The summed E-state index contributed by atoms with van der Waals surface area (Å²) in [6.07, 6.45) is 4.53. The molecule has 0 N–H and O–H groups in total. The average Bonchev–Trinajstić information content (AvgIpc) is 2.43. The first-order valence-electron chi connectivity index (χ1n) is 3.52. The Morgan fingerprint density at radius 2 is 2.70 bits per heavy atom. The molecule has 10 heavy (non-hydrogen) atoms. The minimum Gasteiger partial charge on any atom is -0.351 e. The Hall–Kier alpha value is -0.860. The monoisotopic (exact) mass is 139 g/mol. The van der Waals surface area contributed by atoms with E-state index in [1.54, 1.807) is 6.34 Å². The summed E-state index contributed by atoms with van der Waals surface area (Å²) in [6, 6.07) is -0.0775. The lowest BCUT2D eigenvalue weighted by Crippen LogP contribution is -2.33. The van der Waals surface area contributed by atoms with Gasteiger partial charge in [0.2, 0.25) is 6.29 Å². The number of carbonyl (C=O) groups excluding carboxylic acids is 1. The summed E-state index contributed by atoms with van der Waals surface area (Å²) < 4.78 is 0. The zero-order chi connectivity index (χ0) is 7.40. The fourth-order valence-corrected chi connectivity index (χ4v) is 1.02. The Morgan fingerprint density at radius 1 is 1.90 bits per heavy atom. The first-order valence-corrected chi connectivity index (χ1v) is 3.52. The van der Waals surface area contributed by atoms with Gasteiger partial charge in [-0.3, -0.25) is 9.79 Å². The van der Waals surface area contributed by atoms with Gasteiger partial charge in [0.15, 0.2) is 0 Å². The maximum Gasteiger partial charge on any atom is 0.222 e. The highest BCUT2D eigenvalue weighted by molar-refractivity contribution is 5.67. The van der Waals surface area contributed by atoms with E-state index >= 15 is 0 Å². The largest absolute Gasteiger partial charge is 0.351 e. The Labute approximate surface area is 60.7 Å². The second-order valence-electron chi connectivity index (χ2n) is 2.30. The topological polar surface area (TPSA) is 32.7 Å². The van der Waals surface area contributed by atoms with Crippen molar-refractivity contribution in [2.45, 2.75) is 19.4 Å². The van der Waals surface area contributed by atoms with E-state index in [0.717, 1.165) is 19.5 Å². The van der Waals surface area contributed by atoms with Crippen LogP contribution in [0.4, 0.5) is 0 Å². The molecule has 0 aromatic rings. The molecule has 1 aliphatic rings. The molecular weight excluding hydrogens is 128 g/mol. The van der Waals surface area contributed by atoms with E-state index in [0.29, 0.717) is 0 Å². The Morgan fingerprint density at radius 3 is 3.10 bits per heavy atom. The molecular formula is C7H11N2O. The molecule has 0 bridgehead atoms. The predicted octanol–water partition coefficient (Wildman–Crippen LogP) is 0.219. The van der Waals surface area contributed by atoms with Crippen LogP contribution < -0.4 is 0 Å². The van der Waals surface area contributed by atoms with Crippen molar-refractivity contribution in [2.75, 3.05) is 13.1 Å². The van der Waals surface area contributed by atoms with Crippen molar-refractivity contribution in [3.63, 3.8) is 0 Å². The quantitative estimate of drug-likeness (QED) is 0.560. The molecule has 3 heteroatoms. The van der Waals surface area contributed by atoms with Crippen molar-refractivity contribution in [1.82, 2.24) is 4.90 Å². The minimum absolute atomic E-state index is 0.0775. The van der Waals surface area contributed by atoms with Crippen LogP contribution >= 0.6 is 0 Å². The van der Waals surface area contributed by atoms with Crippen LogP contribution in [0.3, 0.4) is 0 Å². The summed E-state index contributed by atoms with van der Waals surface area (Å²) in [5.41, 5.74) is 0. The Bertz CT molecular complexity index is 145. The second-order valence-corrected chi connectivity index (χ2v) is 2.30. The Kier molecular flexibility index (Phi) is 2.42. The molecule has 1 radical (unpaired) electrons. The molecule has 1 unspecified atom stereocenters. The van der Waals surface area contributed by atoms with Gasteiger partial charge in [-0.15, -0.1) is 0 Å². The molecule has 0 saturated heterocycles. The standard InChI is InChI=1S/C7H11N2O/c1-2-7(5-10)9-4-3-8-6-9/h6-7H,2-4H2,1H3. The average molecular weight is 139 g/mol. The molecule has 0 fully saturated rings. The van der Waals surface area contributed by atoms with Crippen molar-refractivity contribution in [3.05, 3.63) is 0 Å². The summed E-state index contributed by atoms with van der Waals surface area (Å²) in [5, 5.41) is 0. The maximum absolute atomic E-state index is 10.3. The molecule has 55 valence electrons. The van der Waals surface area contributed by atoms with Gasteiger partial charge in [0.1, 0.15) is 0 Å². The number of hydrogen-bond acceptors (Lipinski definition) is 3. The SMILES string of the molecule is CCC([C]=O)N1C=NCC1. The van der Waals surface area contributed by atoms with Crippen LogP contribution in [-0.2, 0) is 4.79 Å². The molecule has 0 spiro atoms. The maximum atomic E-state index is 10.3. The summed E-state index contributed by atoms with van der Waals surface area (Å²) >= 11 is 0. The highest BCUT2D eigenvalue weighted by atomic mass is 16.1. The molecule has 1 rings (SSSR count). The van der Waals surface area contributed by atoms with Gasteiger partial charge in [-0.05, 0) is 6.42 Å². The van der Waals surface area contributed by atoms with E-state index in [2.05, 4.69) is 4.99 Å². The molecule has 0 saturated carbocycles. The Balaban J connectivity index is 2.44. The van der Waals surface area contributed by atoms with Crippen LogP contribution in [0.1, 0.15) is 13.3 Å².